The number of piperazine rings is 1. The van der Waals surface area contributed by atoms with Gasteiger partial charge in [-0.25, -0.2) is 37.1 Å². The quantitative estimate of drug-likeness (QED) is 0.410. The van der Waals surface area contributed by atoms with Crippen molar-refractivity contribution in [3.05, 3.63) is 36.3 Å². The monoisotopic (exact) mass is 522 g/mol. The second kappa shape index (κ2) is 11.2. The topological polar surface area (TPSA) is 125 Å². The van der Waals surface area contributed by atoms with E-state index in [0.29, 0.717) is 37.6 Å². The SMILES string of the molecule is CCCS(=O)(=O)Nc1ccc(F)c(Nc2ncnc3cnc(N4CCN(CCOC)CC4)nc23)c1F. The predicted molar refractivity (Wildman–Crippen MR) is 133 cm³/mol. The number of sulfonamides is 1. The molecule has 0 saturated carbocycles. The van der Waals surface area contributed by atoms with Crippen LogP contribution in [0, 0.1) is 11.6 Å². The third-order valence-corrected chi connectivity index (χ3v) is 7.18. The van der Waals surface area contributed by atoms with Gasteiger partial charge < -0.3 is 15.0 Å². The minimum Gasteiger partial charge on any atom is -0.383 e. The molecule has 0 spiro atoms. The molecule has 194 valence electrons. The van der Waals surface area contributed by atoms with E-state index in [0.717, 1.165) is 31.8 Å². The van der Waals surface area contributed by atoms with Crippen molar-refractivity contribution in [3.63, 3.8) is 0 Å². The highest BCUT2D eigenvalue weighted by molar-refractivity contribution is 7.92. The molecule has 2 aromatic heterocycles. The van der Waals surface area contributed by atoms with Crippen LogP contribution in [0.25, 0.3) is 11.0 Å². The summed E-state index contributed by atoms with van der Waals surface area (Å²) in [6.07, 6.45) is 3.11. The number of fused-ring (bicyclic) bond motifs is 1. The summed E-state index contributed by atoms with van der Waals surface area (Å²) in [6, 6.07) is 2.01. The Morgan fingerprint density at radius 1 is 1.11 bits per heavy atom. The second-order valence-corrected chi connectivity index (χ2v) is 10.1. The Morgan fingerprint density at radius 2 is 1.89 bits per heavy atom. The van der Waals surface area contributed by atoms with Crippen molar-refractivity contribution in [1.29, 1.82) is 0 Å². The van der Waals surface area contributed by atoms with Crippen LogP contribution in [-0.4, -0.2) is 85.4 Å². The van der Waals surface area contributed by atoms with E-state index in [-0.39, 0.29) is 22.8 Å². The van der Waals surface area contributed by atoms with Crippen LogP contribution < -0.4 is 14.9 Å². The first-order chi connectivity index (χ1) is 17.3. The summed E-state index contributed by atoms with van der Waals surface area (Å²) in [6.45, 7) is 6.23. The third kappa shape index (κ3) is 5.94. The van der Waals surface area contributed by atoms with Gasteiger partial charge in [0.05, 0.1) is 24.2 Å². The highest BCUT2D eigenvalue weighted by Gasteiger charge is 2.22. The summed E-state index contributed by atoms with van der Waals surface area (Å²) in [5.41, 5.74) is -0.262. The van der Waals surface area contributed by atoms with Gasteiger partial charge in [-0.2, -0.15) is 0 Å². The molecular weight excluding hydrogens is 494 g/mol. The number of methoxy groups -OCH3 is 1. The molecule has 1 aliphatic rings. The van der Waals surface area contributed by atoms with Gasteiger partial charge in [0.25, 0.3) is 0 Å². The fourth-order valence-electron chi connectivity index (χ4n) is 3.83. The van der Waals surface area contributed by atoms with Crippen LogP contribution in [0.15, 0.2) is 24.7 Å². The van der Waals surface area contributed by atoms with Crippen LogP contribution in [0.1, 0.15) is 13.3 Å². The fourth-order valence-corrected chi connectivity index (χ4v) is 4.96. The van der Waals surface area contributed by atoms with Gasteiger partial charge in [0.15, 0.2) is 11.6 Å². The van der Waals surface area contributed by atoms with Gasteiger partial charge in [-0.15, -0.1) is 0 Å². The molecule has 3 aromatic rings. The first kappa shape index (κ1) is 25.9. The van der Waals surface area contributed by atoms with Crippen molar-refractivity contribution in [2.45, 2.75) is 13.3 Å². The highest BCUT2D eigenvalue weighted by Crippen LogP contribution is 2.31. The van der Waals surface area contributed by atoms with E-state index in [1.54, 1.807) is 14.0 Å². The van der Waals surface area contributed by atoms with Gasteiger partial charge in [-0.05, 0) is 18.6 Å². The van der Waals surface area contributed by atoms with Crippen LogP contribution >= 0.6 is 0 Å². The van der Waals surface area contributed by atoms with E-state index < -0.39 is 27.3 Å². The Morgan fingerprint density at radius 3 is 2.61 bits per heavy atom. The maximum atomic E-state index is 15.2. The van der Waals surface area contributed by atoms with Gasteiger partial charge in [-0.3, -0.25) is 9.62 Å². The lowest BCUT2D eigenvalue weighted by atomic mass is 10.2. The average molecular weight is 523 g/mol. The first-order valence-corrected chi connectivity index (χ1v) is 13.2. The van der Waals surface area contributed by atoms with E-state index in [1.165, 1.54) is 12.5 Å². The molecule has 1 saturated heterocycles. The Hall–Kier alpha value is -3.23. The standard InChI is InChI=1S/C22H28F2N8O3S/c1-3-12-36(33,34)30-16-5-4-15(23)19(18(16)24)28-21-20-17(26-14-27-21)13-25-22(29-20)32-8-6-31(7-9-32)10-11-35-2/h4-5,13-14,30H,3,6-12H2,1-2H3,(H,26,27,28). The molecule has 3 heterocycles. The number of nitrogens with one attached hydrogen (secondary N) is 2. The number of ether oxygens (including phenoxy) is 1. The van der Waals surface area contributed by atoms with Crippen molar-refractivity contribution in [3.8, 4) is 0 Å². The maximum Gasteiger partial charge on any atom is 0.232 e. The number of hydrogen-bond acceptors (Lipinski definition) is 10. The van der Waals surface area contributed by atoms with Gasteiger partial charge >= 0.3 is 0 Å². The lowest BCUT2D eigenvalue weighted by molar-refractivity contribution is 0.144. The van der Waals surface area contributed by atoms with Gasteiger partial charge in [0, 0.05) is 39.8 Å². The highest BCUT2D eigenvalue weighted by atomic mass is 32.2. The van der Waals surface area contributed by atoms with Crippen LogP contribution in [0.3, 0.4) is 0 Å². The fraction of sp³-hybridized carbons (Fsp3) is 0.455. The molecule has 0 bridgehead atoms. The van der Waals surface area contributed by atoms with Gasteiger partial charge in [0.1, 0.15) is 28.9 Å². The molecule has 0 amide bonds. The molecule has 1 aromatic carbocycles. The molecule has 2 N–H and O–H groups in total. The summed E-state index contributed by atoms with van der Waals surface area (Å²) in [4.78, 5) is 21.6. The lowest BCUT2D eigenvalue weighted by Gasteiger charge is -2.34. The molecule has 1 fully saturated rings. The number of rotatable bonds is 10. The number of nitrogens with zero attached hydrogens (tertiary/aromatic N) is 6. The molecule has 1 aliphatic heterocycles. The van der Waals surface area contributed by atoms with Crippen molar-refractivity contribution in [2.24, 2.45) is 0 Å². The molecule has 0 unspecified atom stereocenters. The summed E-state index contributed by atoms with van der Waals surface area (Å²) in [5.74, 6) is -1.69. The predicted octanol–water partition coefficient (Wildman–Crippen LogP) is 2.36. The largest absolute Gasteiger partial charge is 0.383 e. The zero-order valence-electron chi connectivity index (χ0n) is 20.0. The van der Waals surface area contributed by atoms with E-state index in [1.807, 2.05) is 4.90 Å². The van der Waals surface area contributed by atoms with E-state index in [4.69, 9.17) is 4.74 Å². The third-order valence-electron chi connectivity index (χ3n) is 5.70. The van der Waals surface area contributed by atoms with Crippen molar-refractivity contribution >= 4 is 44.2 Å². The summed E-state index contributed by atoms with van der Waals surface area (Å²) in [5, 5.41) is 2.64. The molecule has 36 heavy (non-hydrogen) atoms. The van der Waals surface area contributed by atoms with Crippen LogP contribution in [0.5, 0.6) is 0 Å². The smallest absolute Gasteiger partial charge is 0.232 e. The van der Waals surface area contributed by atoms with E-state index in [2.05, 4.69) is 34.9 Å². The zero-order valence-corrected chi connectivity index (χ0v) is 20.9. The molecule has 11 nitrogen and oxygen atoms in total. The average Bonchev–Trinajstić information content (AvgIpc) is 2.87. The summed E-state index contributed by atoms with van der Waals surface area (Å²) >= 11 is 0. The Labute approximate surface area is 208 Å². The van der Waals surface area contributed by atoms with Gasteiger partial charge in [-0.1, -0.05) is 6.92 Å². The number of hydrogen-bond donors (Lipinski definition) is 2. The minimum atomic E-state index is -3.77. The maximum absolute atomic E-state index is 15.2. The first-order valence-electron chi connectivity index (χ1n) is 11.5. The normalized spacial score (nSPS) is 14.8. The lowest BCUT2D eigenvalue weighted by Crippen LogP contribution is -2.47. The van der Waals surface area contributed by atoms with Crippen molar-refractivity contribution < 1.29 is 21.9 Å². The number of halogens is 2. The summed E-state index contributed by atoms with van der Waals surface area (Å²) in [7, 11) is -2.10. The summed E-state index contributed by atoms with van der Waals surface area (Å²) < 4.78 is 61.3. The number of anilines is 4. The van der Waals surface area contributed by atoms with E-state index >= 15 is 4.39 Å². The van der Waals surface area contributed by atoms with Crippen LogP contribution in [0.4, 0.5) is 31.9 Å². The van der Waals surface area contributed by atoms with E-state index in [9.17, 15) is 12.8 Å². The van der Waals surface area contributed by atoms with Crippen molar-refractivity contribution in [1.82, 2.24) is 24.8 Å². The molecule has 14 heteroatoms. The molecular formula is C22H28F2N8O3S. The number of aromatic nitrogens is 4. The Balaban J connectivity index is 1.60. The zero-order chi connectivity index (χ0) is 25.7. The van der Waals surface area contributed by atoms with Crippen molar-refractivity contribution in [2.75, 3.05) is 67.1 Å². The minimum absolute atomic E-state index is 0.0637. The molecule has 4 rings (SSSR count). The molecule has 0 atom stereocenters. The van der Waals surface area contributed by atoms with Gasteiger partial charge in [0.2, 0.25) is 16.0 Å². The number of benzene rings is 1. The van der Waals surface area contributed by atoms with Crippen LogP contribution in [-0.2, 0) is 14.8 Å². The molecule has 0 radical (unpaired) electrons. The molecule has 0 aliphatic carbocycles. The van der Waals surface area contributed by atoms with Crippen LogP contribution in [0.2, 0.25) is 0 Å². The Kier molecular flexibility index (Phi) is 8.06. The Bertz CT molecular complexity index is 1320. The second-order valence-electron chi connectivity index (χ2n) is 8.28.